The van der Waals surface area contributed by atoms with Crippen LogP contribution in [0.4, 0.5) is 32.0 Å². The predicted molar refractivity (Wildman–Crippen MR) is 113 cm³/mol. The van der Waals surface area contributed by atoms with Gasteiger partial charge in [-0.1, -0.05) is 0 Å². The highest BCUT2D eigenvalue weighted by molar-refractivity contribution is 6.06. The lowest BCUT2D eigenvalue weighted by atomic mass is 10.1. The van der Waals surface area contributed by atoms with E-state index in [1.165, 1.54) is 4.57 Å². The summed E-state index contributed by atoms with van der Waals surface area (Å²) in [6.45, 7) is 0.951. The maximum absolute atomic E-state index is 15.1. The van der Waals surface area contributed by atoms with Crippen LogP contribution in [0.2, 0.25) is 0 Å². The number of alkyl halides is 3. The van der Waals surface area contributed by atoms with Gasteiger partial charge >= 0.3 is 11.9 Å². The molecule has 8 nitrogen and oxygen atoms in total. The molecule has 1 aromatic heterocycles. The van der Waals surface area contributed by atoms with Crippen LogP contribution in [-0.2, 0) is 13.0 Å². The van der Waals surface area contributed by atoms with E-state index in [2.05, 4.69) is 5.10 Å². The number of anilines is 1. The molecule has 36 heavy (non-hydrogen) atoms. The summed E-state index contributed by atoms with van der Waals surface area (Å²) in [6.07, 6.45) is -5.53. The van der Waals surface area contributed by atoms with Crippen LogP contribution >= 0.6 is 0 Å². The minimum absolute atomic E-state index is 0.325. The standard InChI is InChI=1S/C22H18F6N4O4/c1-10(22(26,27)28)36-16-9-14(32-21(35)31-7-3-2-4-17(31)30-32)13(24)8-11(16)20(34)29-19-12(23)5-6-15(33)18(19)25/h5-6,8-10,33H,2-4,7H2,1H3,(H,29,34)/t10-/m0/s1. The molecule has 0 saturated heterocycles. The first-order valence-corrected chi connectivity index (χ1v) is 10.6. The zero-order valence-electron chi connectivity index (χ0n) is 18.5. The van der Waals surface area contributed by atoms with Crippen molar-refractivity contribution in [3.05, 3.63) is 63.6 Å². The number of phenols is 1. The SMILES string of the molecule is C[C@H](Oc1cc(-n2nc3n(c2=O)CCCC3)c(F)cc1C(=O)Nc1c(F)ccc(O)c1F)C(F)(F)F. The highest BCUT2D eigenvalue weighted by Crippen LogP contribution is 2.32. The third-order valence-electron chi connectivity index (χ3n) is 5.57. The molecule has 1 amide bonds. The Morgan fingerprint density at radius 1 is 1.17 bits per heavy atom. The van der Waals surface area contributed by atoms with Crippen LogP contribution in [0.5, 0.6) is 11.5 Å². The first kappa shape index (κ1) is 25.1. The normalized spacial score (nSPS) is 14.3. The highest BCUT2D eigenvalue weighted by atomic mass is 19.4. The summed E-state index contributed by atoms with van der Waals surface area (Å²) in [4.78, 5) is 25.5. The fraction of sp³-hybridized carbons (Fsp3) is 0.318. The van der Waals surface area contributed by atoms with E-state index in [1.807, 2.05) is 0 Å². The second-order valence-electron chi connectivity index (χ2n) is 8.03. The number of aromatic nitrogens is 3. The molecule has 0 saturated carbocycles. The van der Waals surface area contributed by atoms with E-state index >= 15 is 4.39 Å². The number of hydrogen-bond acceptors (Lipinski definition) is 5. The third kappa shape index (κ3) is 4.62. The molecular formula is C22H18F6N4O4. The average molecular weight is 516 g/mol. The van der Waals surface area contributed by atoms with Crippen molar-refractivity contribution in [1.82, 2.24) is 14.3 Å². The molecule has 0 bridgehead atoms. The number of carbonyl (C=O) groups is 1. The number of benzene rings is 2. The van der Waals surface area contributed by atoms with E-state index < -0.39 is 69.8 Å². The summed E-state index contributed by atoms with van der Waals surface area (Å²) in [7, 11) is 0. The van der Waals surface area contributed by atoms with Crippen LogP contribution < -0.4 is 15.7 Å². The van der Waals surface area contributed by atoms with Crippen molar-refractivity contribution < 1.29 is 41.0 Å². The Hall–Kier alpha value is -3.97. The molecule has 0 fully saturated rings. The second-order valence-corrected chi connectivity index (χ2v) is 8.03. The van der Waals surface area contributed by atoms with Gasteiger partial charge in [0.05, 0.1) is 5.56 Å². The Balaban J connectivity index is 1.81. The number of halogens is 6. The number of aromatic hydroxyl groups is 1. The zero-order chi connectivity index (χ0) is 26.4. The lowest BCUT2D eigenvalue weighted by molar-refractivity contribution is -0.189. The van der Waals surface area contributed by atoms with Crippen LogP contribution in [0.3, 0.4) is 0 Å². The minimum Gasteiger partial charge on any atom is -0.505 e. The number of nitrogens with zero attached hydrogens (tertiary/aromatic N) is 3. The summed E-state index contributed by atoms with van der Waals surface area (Å²) < 4.78 is 89.6. The van der Waals surface area contributed by atoms with Crippen molar-refractivity contribution in [3.8, 4) is 17.2 Å². The number of fused-ring (bicyclic) bond motifs is 1. The number of carbonyl (C=O) groups excluding carboxylic acids is 1. The maximum Gasteiger partial charge on any atom is 0.425 e. The predicted octanol–water partition coefficient (Wildman–Crippen LogP) is 4.08. The fourth-order valence-corrected chi connectivity index (χ4v) is 3.63. The second kappa shape index (κ2) is 9.24. The molecular weight excluding hydrogens is 498 g/mol. The van der Waals surface area contributed by atoms with E-state index in [0.717, 1.165) is 6.42 Å². The Morgan fingerprint density at radius 2 is 1.89 bits per heavy atom. The molecule has 0 aliphatic carbocycles. The molecule has 3 aromatic rings. The zero-order valence-corrected chi connectivity index (χ0v) is 18.5. The van der Waals surface area contributed by atoms with E-state index in [0.29, 0.717) is 61.1 Å². The molecule has 1 atom stereocenters. The molecule has 192 valence electrons. The van der Waals surface area contributed by atoms with Crippen molar-refractivity contribution in [2.45, 2.75) is 45.0 Å². The molecule has 1 aliphatic rings. The van der Waals surface area contributed by atoms with Gasteiger partial charge < -0.3 is 15.2 Å². The number of aryl methyl sites for hydroxylation is 1. The van der Waals surface area contributed by atoms with Gasteiger partial charge in [-0.15, -0.1) is 5.10 Å². The van der Waals surface area contributed by atoms with E-state index in [-0.39, 0.29) is 0 Å². The molecule has 1 aliphatic heterocycles. The van der Waals surface area contributed by atoms with Crippen molar-refractivity contribution in [2.75, 3.05) is 5.32 Å². The van der Waals surface area contributed by atoms with Crippen LogP contribution in [-0.4, -0.2) is 37.6 Å². The lowest BCUT2D eigenvalue weighted by Gasteiger charge is -2.20. The van der Waals surface area contributed by atoms with Gasteiger partial charge in [0.15, 0.2) is 17.7 Å². The third-order valence-corrected chi connectivity index (χ3v) is 5.57. The number of amides is 1. The summed E-state index contributed by atoms with van der Waals surface area (Å²) in [5.41, 5.74) is -3.29. The number of nitrogens with one attached hydrogen (secondary N) is 1. The number of ether oxygens (including phenoxy) is 1. The molecule has 2 aromatic carbocycles. The number of phenolic OH excluding ortho intramolecular Hbond substituents is 1. The Labute approximate surface area is 198 Å². The molecule has 0 unspecified atom stereocenters. The summed E-state index contributed by atoms with van der Waals surface area (Å²) in [5, 5.41) is 15.2. The van der Waals surface area contributed by atoms with Gasteiger partial charge in [-0.25, -0.2) is 18.0 Å². The van der Waals surface area contributed by atoms with Crippen LogP contribution in [0.25, 0.3) is 5.69 Å². The molecule has 2 N–H and O–H groups in total. The van der Waals surface area contributed by atoms with Gasteiger partial charge in [-0.3, -0.25) is 9.36 Å². The Bertz CT molecular complexity index is 1400. The maximum atomic E-state index is 15.1. The van der Waals surface area contributed by atoms with Crippen molar-refractivity contribution in [2.24, 2.45) is 0 Å². The smallest absolute Gasteiger partial charge is 0.425 e. The van der Waals surface area contributed by atoms with Crippen LogP contribution in [0.1, 0.15) is 35.9 Å². The van der Waals surface area contributed by atoms with Gasteiger partial charge in [-0.2, -0.15) is 17.9 Å². The monoisotopic (exact) mass is 516 g/mol. The van der Waals surface area contributed by atoms with Crippen LogP contribution in [0.15, 0.2) is 29.1 Å². The minimum atomic E-state index is -4.89. The van der Waals surface area contributed by atoms with Gasteiger partial charge in [0.2, 0.25) is 0 Å². The van der Waals surface area contributed by atoms with E-state index in [9.17, 15) is 36.6 Å². The highest BCUT2D eigenvalue weighted by Gasteiger charge is 2.39. The Kier molecular flexibility index (Phi) is 6.45. The topological polar surface area (TPSA) is 98.4 Å². The Morgan fingerprint density at radius 3 is 2.56 bits per heavy atom. The summed E-state index contributed by atoms with van der Waals surface area (Å²) >= 11 is 0. The molecule has 4 rings (SSSR count). The summed E-state index contributed by atoms with van der Waals surface area (Å²) in [6, 6.07) is 2.46. The fourth-order valence-electron chi connectivity index (χ4n) is 3.63. The molecule has 2 heterocycles. The number of hydrogen-bond donors (Lipinski definition) is 2. The first-order chi connectivity index (χ1) is 16.9. The van der Waals surface area contributed by atoms with Crippen molar-refractivity contribution in [3.63, 3.8) is 0 Å². The van der Waals surface area contributed by atoms with Gasteiger partial charge in [0.25, 0.3) is 5.91 Å². The van der Waals surface area contributed by atoms with E-state index in [1.54, 1.807) is 5.32 Å². The lowest BCUT2D eigenvalue weighted by Crippen LogP contribution is -2.32. The molecule has 0 radical (unpaired) electrons. The largest absolute Gasteiger partial charge is 0.505 e. The molecule has 0 spiro atoms. The van der Waals surface area contributed by atoms with Gasteiger partial charge in [-0.05, 0) is 38.0 Å². The van der Waals surface area contributed by atoms with Crippen molar-refractivity contribution >= 4 is 11.6 Å². The van der Waals surface area contributed by atoms with E-state index in [4.69, 9.17) is 4.74 Å². The summed E-state index contributed by atoms with van der Waals surface area (Å²) in [5.74, 6) is -7.02. The van der Waals surface area contributed by atoms with Crippen LogP contribution in [0, 0.1) is 17.5 Å². The van der Waals surface area contributed by atoms with Gasteiger partial charge in [0, 0.05) is 19.0 Å². The average Bonchev–Trinajstić information content (AvgIpc) is 3.15. The first-order valence-electron chi connectivity index (χ1n) is 10.6. The quantitative estimate of drug-likeness (QED) is 0.499. The van der Waals surface area contributed by atoms with Crippen molar-refractivity contribution in [1.29, 1.82) is 0 Å². The van der Waals surface area contributed by atoms with Gasteiger partial charge in [0.1, 0.15) is 34.6 Å². The number of rotatable bonds is 5. The molecule has 14 heteroatoms.